The minimum absolute atomic E-state index is 0.179. The van der Waals surface area contributed by atoms with Crippen LogP contribution in [0.2, 0.25) is 0 Å². The number of hydrogen-bond acceptors (Lipinski definition) is 4. The van der Waals surface area contributed by atoms with Crippen LogP contribution in [0.15, 0.2) is 0 Å². The molecule has 1 atom stereocenters. The molecule has 0 radical (unpaired) electrons. The van der Waals surface area contributed by atoms with Crippen molar-refractivity contribution in [2.45, 2.75) is 64.5 Å². The molecule has 2 aliphatic heterocycles. The highest BCUT2D eigenvalue weighted by atomic mass is 127. The topological polar surface area (TPSA) is 44.6 Å². The monoisotopic (exact) mass is 485 g/mol. The van der Waals surface area contributed by atoms with E-state index in [0.29, 0.717) is 6.04 Å². The minimum atomic E-state index is 0.179. The van der Waals surface area contributed by atoms with Gasteiger partial charge in [-0.25, -0.2) is 3.11 Å². The summed E-state index contributed by atoms with van der Waals surface area (Å²) >= 11 is 2.43. The van der Waals surface area contributed by atoms with Crippen molar-refractivity contribution >= 4 is 28.8 Å². The first-order chi connectivity index (χ1) is 13.2. The summed E-state index contributed by atoms with van der Waals surface area (Å²) in [5.41, 5.74) is 3.35. The third kappa shape index (κ3) is 4.19. The Kier molecular flexibility index (Phi) is 6.38. The molecule has 0 saturated carbocycles. The fourth-order valence-corrected chi connectivity index (χ4v) is 5.29. The summed E-state index contributed by atoms with van der Waals surface area (Å²) in [6.45, 7) is 9.47. The maximum Gasteiger partial charge on any atom is 0.274 e. The Hall–Kier alpha value is -0.670. The molecule has 0 aromatic carbocycles. The largest absolute Gasteiger partial charge is 0.337 e. The Morgan fingerprint density at radius 1 is 1.11 bits per heavy atom. The van der Waals surface area contributed by atoms with E-state index in [9.17, 15) is 4.79 Å². The predicted molar refractivity (Wildman–Crippen MR) is 115 cm³/mol. The second-order valence-corrected chi connectivity index (χ2v) is 9.56. The molecule has 1 unspecified atom stereocenters. The molecule has 3 heterocycles. The highest BCUT2D eigenvalue weighted by Gasteiger charge is 2.34. The van der Waals surface area contributed by atoms with E-state index in [1.165, 1.54) is 24.1 Å². The van der Waals surface area contributed by atoms with Crippen LogP contribution in [0.3, 0.4) is 0 Å². The summed E-state index contributed by atoms with van der Waals surface area (Å²) in [6.07, 6.45) is 7.82. The van der Waals surface area contributed by atoms with Crippen LogP contribution in [0, 0.1) is 0 Å². The molecule has 0 N–H and O–H groups in total. The van der Waals surface area contributed by atoms with E-state index < -0.39 is 0 Å². The third-order valence-corrected chi connectivity index (χ3v) is 7.34. The van der Waals surface area contributed by atoms with Crippen LogP contribution in [0.1, 0.15) is 60.8 Å². The fourth-order valence-electron chi connectivity index (χ4n) is 4.86. The SMILES string of the molecule is CCCn1nc(C(=O)N2CCCCC2)c2c1CCC(N1CCN(I)CC1)C2. The zero-order chi connectivity index (χ0) is 18.8. The molecular formula is C20H32IN5O. The summed E-state index contributed by atoms with van der Waals surface area (Å²) in [7, 11) is 0. The summed E-state index contributed by atoms with van der Waals surface area (Å²) in [5, 5.41) is 4.85. The molecule has 1 amide bonds. The number of aryl methyl sites for hydroxylation is 1. The van der Waals surface area contributed by atoms with E-state index in [0.717, 1.165) is 83.6 Å². The molecule has 150 valence electrons. The quantitative estimate of drug-likeness (QED) is 0.486. The van der Waals surface area contributed by atoms with Gasteiger partial charge in [0.2, 0.25) is 0 Å². The van der Waals surface area contributed by atoms with Crippen molar-refractivity contribution in [3.63, 3.8) is 0 Å². The van der Waals surface area contributed by atoms with Crippen molar-refractivity contribution in [2.75, 3.05) is 39.3 Å². The van der Waals surface area contributed by atoms with E-state index >= 15 is 0 Å². The van der Waals surface area contributed by atoms with Crippen molar-refractivity contribution in [3.05, 3.63) is 17.0 Å². The lowest BCUT2D eigenvalue weighted by molar-refractivity contribution is 0.0715. The summed E-state index contributed by atoms with van der Waals surface area (Å²) < 4.78 is 4.53. The van der Waals surface area contributed by atoms with Gasteiger partial charge in [0.05, 0.1) is 0 Å². The molecule has 2 saturated heterocycles. The van der Waals surface area contributed by atoms with Gasteiger partial charge < -0.3 is 4.90 Å². The molecule has 7 heteroatoms. The Bertz CT molecular complexity index is 662. The number of carbonyl (C=O) groups is 1. The number of nitrogens with zero attached hydrogens (tertiary/aromatic N) is 5. The molecule has 1 aromatic heterocycles. The maximum absolute atomic E-state index is 13.2. The van der Waals surface area contributed by atoms with E-state index in [2.05, 4.69) is 42.5 Å². The first kappa shape index (κ1) is 19.6. The smallest absolute Gasteiger partial charge is 0.274 e. The van der Waals surface area contributed by atoms with Crippen LogP contribution in [0.5, 0.6) is 0 Å². The standard InChI is InChI=1S/C20H32IN5O/c1-2-8-26-18-7-6-16(23-11-13-25(21)14-12-23)15-17(18)19(22-26)20(27)24-9-4-3-5-10-24/h16H,2-15H2,1H3. The minimum Gasteiger partial charge on any atom is -0.337 e. The lowest BCUT2D eigenvalue weighted by Crippen LogP contribution is -2.49. The Morgan fingerprint density at radius 2 is 1.85 bits per heavy atom. The third-order valence-electron chi connectivity index (χ3n) is 6.38. The van der Waals surface area contributed by atoms with Gasteiger partial charge >= 0.3 is 0 Å². The number of rotatable bonds is 4. The van der Waals surface area contributed by atoms with Crippen LogP contribution >= 0.6 is 22.9 Å². The fraction of sp³-hybridized carbons (Fsp3) is 0.800. The highest BCUT2D eigenvalue weighted by molar-refractivity contribution is 14.1. The number of likely N-dealkylation sites (tertiary alicyclic amines) is 1. The number of fused-ring (bicyclic) bond motifs is 1. The Morgan fingerprint density at radius 3 is 2.56 bits per heavy atom. The van der Waals surface area contributed by atoms with Crippen molar-refractivity contribution < 1.29 is 4.79 Å². The van der Waals surface area contributed by atoms with E-state index in [4.69, 9.17) is 5.10 Å². The maximum atomic E-state index is 13.2. The Balaban J connectivity index is 1.57. The van der Waals surface area contributed by atoms with Gasteiger partial charge in [-0.3, -0.25) is 14.4 Å². The average Bonchev–Trinajstić information content (AvgIpc) is 3.07. The Labute approximate surface area is 176 Å². The second-order valence-electron chi connectivity index (χ2n) is 8.19. The highest BCUT2D eigenvalue weighted by Crippen LogP contribution is 2.29. The summed E-state index contributed by atoms with van der Waals surface area (Å²) in [4.78, 5) is 17.9. The normalized spacial score (nSPS) is 24.8. The first-order valence-corrected chi connectivity index (χ1v) is 11.7. The van der Waals surface area contributed by atoms with Crippen molar-refractivity contribution in [1.29, 1.82) is 0 Å². The predicted octanol–water partition coefficient (Wildman–Crippen LogP) is 2.74. The average molecular weight is 485 g/mol. The molecule has 1 aliphatic carbocycles. The van der Waals surface area contributed by atoms with Gasteiger partial charge in [0.25, 0.3) is 5.91 Å². The van der Waals surface area contributed by atoms with Gasteiger partial charge in [0.1, 0.15) is 0 Å². The van der Waals surface area contributed by atoms with E-state index in [1.54, 1.807) is 0 Å². The van der Waals surface area contributed by atoms with Gasteiger partial charge in [-0.05, 0) is 44.9 Å². The number of piperidine rings is 1. The van der Waals surface area contributed by atoms with Crippen LogP contribution in [-0.2, 0) is 19.4 Å². The molecule has 0 bridgehead atoms. The number of halogens is 1. The van der Waals surface area contributed by atoms with Crippen molar-refractivity contribution in [1.82, 2.24) is 22.7 Å². The van der Waals surface area contributed by atoms with Crippen LogP contribution < -0.4 is 0 Å². The van der Waals surface area contributed by atoms with Crippen molar-refractivity contribution in [3.8, 4) is 0 Å². The molecule has 3 aliphatic rings. The lowest BCUT2D eigenvalue weighted by atomic mass is 9.89. The van der Waals surface area contributed by atoms with E-state index in [1.807, 2.05) is 4.90 Å². The van der Waals surface area contributed by atoms with E-state index in [-0.39, 0.29) is 5.91 Å². The first-order valence-electron chi connectivity index (χ1n) is 10.7. The lowest BCUT2D eigenvalue weighted by Gasteiger charge is -2.39. The van der Waals surface area contributed by atoms with Gasteiger partial charge in [0.15, 0.2) is 5.69 Å². The number of carbonyl (C=O) groups excluding carboxylic acids is 1. The molecule has 27 heavy (non-hydrogen) atoms. The number of aromatic nitrogens is 2. The van der Waals surface area contributed by atoms with Gasteiger partial charge in [-0.1, -0.05) is 6.92 Å². The van der Waals surface area contributed by atoms with Gasteiger partial charge in [-0.2, -0.15) is 5.10 Å². The molecular weight excluding hydrogens is 453 g/mol. The summed E-state index contributed by atoms with van der Waals surface area (Å²) in [5.74, 6) is 0.179. The number of amides is 1. The van der Waals surface area contributed by atoms with Crippen LogP contribution in [-0.4, -0.2) is 73.9 Å². The zero-order valence-electron chi connectivity index (χ0n) is 16.5. The molecule has 6 nitrogen and oxygen atoms in total. The van der Waals surface area contributed by atoms with Crippen LogP contribution in [0.4, 0.5) is 0 Å². The van der Waals surface area contributed by atoms with Crippen LogP contribution in [0.25, 0.3) is 0 Å². The number of piperazine rings is 1. The molecule has 2 fully saturated rings. The second kappa shape index (κ2) is 8.78. The van der Waals surface area contributed by atoms with Crippen molar-refractivity contribution in [2.24, 2.45) is 0 Å². The zero-order valence-corrected chi connectivity index (χ0v) is 18.7. The number of hydrogen-bond donors (Lipinski definition) is 0. The van der Waals surface area contributed by atoms with Gasteiger partial charge in [0, 0.05) is 86.0 Å². The summed E-state index contributed by atoms with van der Waals surface area (Å²) in [6, 6.07) is 0.565. The molecule has 1 aromatic rings. The van der Waals surface area contributed by atoms with Gasteiger partial charge in [-0.15, -0.1) is 0 Å². The molecule has 4 rings (SSSR count). The molecule has 0 spiro atoms.